The number of nitrogens with zero attached hydrogens (tertiary/aromatic N) is 3. The Morgan fingerprint density at radius 1 is 1.52 bits per heavy atom. The minimum Gasteiger partial charge on any atom is -0.477 e. The summed E-state index contributed by atoms with van der Waals surface area (Å²) in [6.07, 6.45) is -1.86. The van der Waals surface area contributed by atoms with Crippen molar-refractivity contribution in [2.24, 2.45) is 10.7 Å². The molecule has 1 aromatic heterocycles. The predicted octanol–water partition coefficient (Wildman–Crippen LogP) is 1.82. The van der Waals surface area contributed by atoms with Gasteiger partial charge in [-0.15, -0.1) is 0 Å². The number of hydrogen-bond acceptors (Lipinski definition) is 6. The molecule has 0 bridgehead atoms. The number of aliphatic imine (C=N–C) groups is 1. The van der Waals surface area contributed by atoms with Crippen LogP contribution >= 0.6 is 0 Å². The van der Waals surface area contributed by atoms with E-state index in [-0.39, 0.29) is 5.71 Å². The molecule has 1 aromatic rings. The van der Waals surface area contributed by atoms with Crippen LogP contribution in [-0.2, 0) is 4.79 Å². The summed E-state index contributed by atoms with van der Waals surface area (Å²) in [5, 5.41) is 8.86. The Morgan fingerprint density at radius 3 is 2.72 bits per heavy atom. The predicted molar refractivity (Wildman–Crippen MR) is 78.2 cm³/mol. The first-order valence-corrected chi connectivity index (χ1v) is 6.96. The third kappa shape index (κ3) is 4.66. The fourth-order valence-electron chi connectivity index (χ4n) is 2.08. The van der Waals surface area contributed by atoms with Gasteiger partial charge in [0.05, 0.1) is 6.04 Å². The number of ether oxygens (including phenoxy) is 1. The minimum absolute atomic E-state index is 0.226. The molecule has 2 heterocycles. The first-order valence-electron chi connectivity index (χ1n) is 6.96. The SMILES string of the molecule is CC(c1cnc(OCC(F)(F)F)c(F)c1)N1C=CC(C(=O)O)=NC1N. The van der Waals surface area contributed by atoms with Crippen LogP contribution in [0.2, 0.25) is 0 Å². The number of alkyl halides is 3. The van der Waals surface area contributed by atoms with Crippen molar-refractivity contribution in [3.05, 3.63) is 35.9 Å². The highest BCUT2D eigenvalue weighted by Gasteiger charge is 2.30. The van der Waals surface area contributed by atoms with Crippen molar-refractivity contribution in [3.63, 3.8) is 0 Å². The van der Waals surface area contributed by atoms with Gasteiger partial charge in [-0.2, -0.15) is 13.2 Å². The Morgan fingerprint density at radius 2 is 2.20 bits per heavy atom. The molecule has 2 unspecified atom stereocenters. The zero-order valence-electron chi connectivity index (χ0n) is 12.9. The topological polar surface area (TPSA) is 101 Å². The second-order valence-electron chi connectivity index (χ2n) is 5.13. The van der Waals surface area contributed by atoms with Gasteiger partial charge in [0.1, 0.15) is 5.71 Å². The Bertz CT molecular complexity index is 721. The molecule has 0 amide bonds. The molecule has 2 rings (SSSR count). The van der Waals surface area contributed by atoms with E-state index < -0.39 is 42.8 Å². The summed E-state index contributed by atoms with van der Waals surface area (Å²) in [6, 6.07) is 0.407. The molecule has 2 atom stereocenters. The van der Waals surface area contributed by atoms with Crippen molar-refractivity contribution in [2.75, 3.05) is 6.61 Å². The monoisotopic (exact) mass is 362 g/mol. The number of carbonyl (C=O) groups is 1. The van der Waals surface area contributed by atoms with Crippen molar-refractivity contribution in [1.82, 2.24) is 9.88 Å². The molecule has 0 fully saturated rings. The molecule has 0 spiro atoms. The van der Waals surface area contributed by atoms with Gasteiger partial charge in [0.15, 0.2) is 18.7 Å². The molecular formula is C14H14F4N4O3. The molecule has 0 aromatic carbocycles. The van der Waals surface area contributed by atoms with E-state index in [2.05, 4.69) is 14.7 Å². The van der Waals surface area contributed by atoms with Crippen molar-refractivity contribution in [2.45, 2.75) is 25.4 Å². The smallest absolute Gasteiger partial charge is 0.422 e. The number of aromatic nitrogens is 1. The molecule has 7 nitrogen and oxygen atoms in total. The third-order valence-electron chi connectivity index (χ3n) is 3.33. The lowest BCUT2D eigenvalue weighted by Crippen LogP contribution is -2.42. The standard InChI is InChI=1S/C14H14F4N4O3/c1-7(22-3-2-10(12(23)24)21-13(22)19)8-4-9(15)11(20-5-8)25-6-14(16,17)18/h2-5,7,13H,6,19H2,1H3,(H,23,24). The van der Waals surface area contributed by atoms with Crippen molar-refractivity contribution >= 4 is 11.7 Å². The van der Waals surface area contributed by atoms with Gasteiger partial charge >= 0.3 is 12.1 Å². The van der Waals surface area contributed by atoms with Crippen LogP contribution in [0, 0.1) is 5.82 Å². The third-order valence-corrected chi connectivity index (χ3v) is 3.33. The number of carboxylic acids is 1. The lowest BCUT2D eigenvalue weighted by atomic mass is 10.1. The number of pyridine rings is 1. The van der Waals surface area contributed by atoms with Gasteiger partial charge in [0.25, 0.3) is 5.88 Å². The average molecular weight is 362 g/mol. The Labute approximate surface area is 139 Å². The molecule has 3 N–H and O–H groups in total. The highest BCUT2D eigenvalue weighted by molar-refractivity contribution is 6.40. The van der Waals surface area contributed by atoms with Crippen LogP contribution in [-0.4, -0.2) is 45.7 Å². The van der Waals surface area contributed by atoms with E-state index >= 15 is 0 Å². The van der Waals surface area contributed by atoms with Crippen molar-refractivity contribution in [1.29, 1.82) is 0 Å². The molecule has 1 aliphatic rings. The fraction of sp³-hybridized carbons (Fsp3) is 0.357. The van der Waals surface area contributed by atoms with Crippen LogP contribution in [0.5, 0.6) is 5.88 Å². The number of hydrogen-bond donors (Lipinski definition) is 2. The zero-order chi connectivity index (χ0) is 18.8. The molecule has 0 aliphatic carbocycles. The minimum atomic E-state index is -4.61. The summed E-state index contributed by atoms with van der Waals surface area (Å²) in [5.74, 6) is -3.06. The van der Waals surface area contributed by atoms with Gasteiger partial charge in [-0.25, -0.2) is 19.2 Å². The number of rotatable bonds is 5. The Balaban J connectivity index is 2.13. The van der Waals surface area contributed by atoms with Crippen molar-refractivity contribution in [3.8, 4) is 5.88 Å². The highest BCUT2D eigenvalue weighted by Crippen LogP contribution is 2.27. The lowest BCUT2D eigenvalue weighted by molar-refractivity contribution is -0.154. The van der Waals surface area contributed by atoms with Gasteiger partial charge in [-0.3, -0.25) is 5.73 Å². The fourth-order valence-corrected chi connectivity index (χ4v) is 2.08. The Hall–Kier alpha value is -2.69. The van der Waals surface area contributed by atoms with E-state index in [1.165, 1.54) is 17.2 Å². The summed E-state index contributed by atoms with van der Waals surface area (Å²) >= 11 is 0. The highest BCUT2D eigenvalue weighted by atomic mass is 19.4. The van der Waals surface area contributed by atoms with E-state index in [4.69, 9.17) is 10.8 Å². The van der Waals surface area contributed by atoms with Crippen LogP contribution in [0.3, 0.4) is 0 Å². The maximum Gasteiger partial charge on any atom is 0.422 e. The van der Waals surface area contributed by atoms with E-state index in [0.29, 0.717) is 5.56 Å². The average Bonchev–Trinajstić information content (AvgIpc) is 2.52. The number of carboxylic acid groups (broad SMARTS) is 1. The van der Waals surface area contributed by atoms with E-state index in [9.17, 15) is 22.4 Å². The molecule has 1 aliphatic heterocycles. The van der Waals surface area contributed by atoms with Gasteiger partial charge in [0.2, 0.25) is 0 Å². The van der Waals surface area contributed by atoms with Crippen LogP contribution in [0.4, 0.5) is 17.6 Å². The quantitative estimate of drug-likeness (QED) is 0.775. The van der Waals surface area contributed by atoms with E-state index in [1.54, 1.807) is 6.92 Å². The first kappa shape index (κ1) is 18.6. The van der Waals surface area contributed by atoms with Crippen LogP contribution < -0.4 is 10.5 Å². The maximum atomic E-state index is 13.9. The van der Waals surface area contributed by atoms with Gasteiger partial charge < -0.3 is 14.7 Å². The molecule has 0 saturated carbocycles. The van der Waals surface area contributed by atoms with Gasteiger partial charge in [0, 0.05) is 12.4 Å². The molecule has 0 saturated heterocycles. The van der Waals surface area contributed by atoms with E-state index in [1.807, 2.05) is 0 Å². The Kier molecular flexibility index (Phi) is 5.26. The lowest BCUT2D eigenvalue weighted by Gasteiger charge is -2.33. The molecule has 136 valence electrons. The normalized spacial score (nSPS) is 18.7. The summed E-state index contributed by atoms with van der Waals surface area (Å²) in [6.45, 7) is -0.0313. The zero-order valence-corrected chi connectivity index (χ0v) is 12.9. The van der Waals surface area contributed by atoms with Crippen LogP contribution in [0.25, 0.3) is 0 Å². The molecule has 11 heteroatoms. The second-order valence-corrected chi connectivity index (χ2v) is 5.13. The molecule has 0 radical (unpaired) electrons. The number of nitrogens with two attached hydrogens (primary N) is 1. The molecular weight excluding hydrogens is 348 g/mol. The van der Waals surface area contributed by atoms with E-state index in [0.717, 1.165) is 12.3 Å². The maximum absolute atomic E-state index is 13.9. The summed E-state index contributed by atoms with van der Waals surface area (Å²) in [5.41, 5.74) is 5.84. The van der Waals surface area contributed by atoms with Crippen LogP contribution in [0.1, 0.15) is 18.5 Å². The first-order chi connectivity index (χ1) is 11.6. The second kappa shape index (κ2) is 7.05. The largest absolute Gasteiger partial charge is 0.477 e. The molecule has 25 heavy (non-hydrogen) atoms. The summed E-state index contributed by atoms with van der Waals surface area (Å²) in [4.78, 5) is 19.6. The van der Waals surface area contributed by atoms with Gasteiger partial charge in [-0.1, -0.05) is 0 Å². The van der Waals surface area contributed by atoms with Gasteiger partial charge in [-0.05, 0) is 24.6 Å². The summed E-state index contributed by atoms with van der Waals surface area (Å²) in [7, 11) is 0. The van der Waals surface area contributed by atoms with Crippen LogP contribution in [0.15, 0.2) is 29.5 Å². The number of halogens is 4. The van der Waals surface area contributed by atoms with Crippen molar-refractivity contribution < 1.29 is 32.2 Å². The summed E-state index contributed by atoms with van der Waals surface area (Å²) < 4.78 is 54.5. The number of aliphatic carboxylic acids is 1.